The molecule has 0 amide bonds. The van der Waals surface area contributed by atoms with Crippen LogP contribution in [0.3, 0.4) is 0 Å². The summed E-state index contributed by atoms with van der Waals surface area (Å²) < 4.78 is 5.36. The van der Waals surface area contributed by atoms with Crippen LogP contribution in [0.1, 0.15) is 26.2 Å². The Morgan fingerprint density at radius 1 is 1.62 bits per heavy atom. The van der Waals surface area contributed by atoms with Crippen LogP contribution in [0.2, 0.25) is 0 Å². The summed E-state index contributed by atoms with van der Waals surface area (Å²) in [4.78, 5) is 0. The molecule has 0 aromatic heterocycles. The zero-order valence-electron chi connectivity index (χ0n) is 5.39. The highest BCUT2D eigenvalue weighted by Gasteiger charge is 2.21. The van der Waals surface area contributed by atoms with Crippen LogP contribution >= 0.6 is 0 Å². The Labute approximate surface area is 51.0 Å². The maximum Gasteiger partial charge on any atom is 0.0577 e. The lowest BCUT2D eigenvalue weighted by molar-refractivity contribution is 0.122. The average Bonchev–Trinajstić information content (AvgIpc) is 2.51. The van der Waals surface area contributed by atoms with E-state index in [1.54, 1.807) is 0 Å². The van der Waals surface area contributed by atoms with Crippen molar-refractivity contribution in [2.45, 2.75) is 32.3 Å². The average molecular weight is 113 g/mol. The predicted molar refractivity (Wildman–Crippen MR) is 33.6 cm³/mol. The number of rotatable bonds is 4. The summed E-state index contributed by atoms with van der Waals surface area (Å²) in [5, 5.41) is 0. The van der Waals surface area contributed by atoms with E-state index in [0.717, 1.165) is 13.0 Å². The van der Waals surface area contributed by atoms with E-state index < -0.39 is 0 Å². The Balaban J connectivity index is 1.74. The molecule has 8 heavy (non-hydrogen) atoms. The molecule has 0 aromatic rings. The van der Waals surface area contributed by atoms with Crippen LogP contribution < -0.4 is 0 Å². The Bertz CT molecular complexity index is 57.4. The molecule has 0 unspecified atom stereocenters. The van der Waals surface area contributed by atoms with Gasteiger partial charge in [0, 0.05) is 6.61 Å². The fourth-order valence-electron chi connectivity index (χ4n) is 0.587. The number of unbranched alkanes of at least 4 members (excludes halogenated alkanes) is 1. The zero-order valence-corrected chi connectivity index (χ0v) is 5.39. The van der Waals surface area contributed by atoms with Gasteiger partial charge in [-0.25, -0.2) is 0 Å². The molecule has 1 heteroatoms. The maximum atomic E-state index is 5.36. The molecule has 1 saturated carbocycles. The van der Waals surface area contributed by atoms with Crippen molar-refractivity contribution >= 4 is 0 Å². The molecule has 1 radical (unpaired) electrons. The van der Waals surface area contributed by atoms with Gasteiger partial charge in [-0.2, -0.15) is 0 Å². The molecule has 1 aliphatic carbocycles. The zero-order chi connectivity index (χ0) is 5.82. The smallest absolute Gasteiger partial charge is 0.0577 e. The number of ether oxygens (including phenoxy) is 1. The summed E-state index contributed by atoms with van der Waals surface area (Å²) in [6.07, 6.45) is 6.47. The van der Waals surface area contributed by atoms with E-state index in [4.69, 9.17) is 4.74 Å². The summed E-state index contributed by atoms with van der Waals surface area (Å²) in [5.41, 5.74) is 0. The first kappa shape index (κ1) is 6.09. The van der Waals surface area contributed by atoms with Crippen LogP contribution in [0.25, 0.3) is 0 Å². The molecule has 0 aromatic carbocycles. The van der Waals surface area contributed by atoms with E-state index in [1.165, 1.54) is 12.8 Å². The van der Waals surface area contributed by atoms with Crippen molar-refractivity contribution in [3.05, 3.63) is 6.42 Å². The van der Waals surface area contributed by atoms with Gasteiger partial charge in [-0.3, -0.25) is 0 Å². The molecule has 1 rings (SSSR count). The first-order valence-corrected chi connectivity index (χ1v) is 3.33. The van der Waals surface area contributed by atoms with E-state index in [1.807, 2.05) is 0 Å². The molecule has 1 fully saturated rings. The fourth-order valence-corrected chi connectivity index (χ4v) is 0.587. The van der Waals surface area contributed by atoms with Crippen LogP contribution in [-0.2, 0) is 4.74 Å². The van der Waals surface area contributed by atoms with Crippen molar-refractivity contribution in [2.24, 2.45) is 0 Å². The minimum absolute atomic E-state index is 0.634. The van der Waals surface area contributed by atoms with Crippen LogP contribution in [0.4, 0.5) is 0 Å². The molecule has 0 bridgehead atoms. The standard InChI is InChI=1S/C7H13O/c1-2-3-6-8-7-4-5-7/h2,7H,3-6H2,1H3. The molecule has 1 aliphatic rings. The van der Waals surface area contributed by atoms with Crippen LogP contribution in [0.5, 0.6) is 0 Å². The second kappa shape index (κ2) is 3.08. The lowest BCUT2D eigenvalue weighted by atomic mass is 10.4. The monoisotopic (exact) mass is 113 g/mol. The predicted octanol–water partition coefficient (Wildman–Crippen LogP) is 1.78. The Morgan fingerprint density at radius 2 is 2.38 bits per heavy atom. The highest BCUT2D eigenvalue weighted by Crippen LogP contribution is 2.23. The second-order valence-corrected chi connectivity index (χ2v) is 2.27. The van der Waals surface area contributed by atoms with Gasteiger partial charge < -0.3 is 4.74 Å². The normalized spacial score (nSPS) is 19.1. The summed E-state index contributed by atoms with van der Waals surface area (Å²) in [6, 6.07) is 0. The number of hydrogen-bond acceptors (Lipinski definition) is 1. The van der Waals surface area contributed by atoms with Crippen molar-refractivity contribution in [3.8, 4) is 0 Å². The quantitative estimate of drug-likeness (QED) is 0.505. The van der Waals surface area contributed by atoms with Gasteiger partial charge in [0.2, 0.25) is 0 Å². The Kier molecular flexibility index (Phi) is 2.34. The van der Waals surface area contributed by atoms with Crippen LogP contribution in [0.15, 0.2) is 0 Å². The Hall–Kier alpha value is -0.0400. The lowest BCUT2D eigenvalue weighted by Gasteiger charge is -1.96. The number of hydrogen-bond donors (Lipinski definition) is 0. The Morgan fingerprint density at radius 3 is 2.88 bits per heavy atom. The lowest BCUT2D eigenvalue weighted by Crippen LogP contribution is -1.94. The van der Waals surface area contributed by atoms with Crippen LogP contribution in [0, 0.1) is 6.42 Å². The molecular formula is C7H13O. The van der Waals surface area contributed by atoms with Gasteiger partial charge in [0.15, 0.2) is 0 Å². The van der Waals surface area contributed by atoms with Gasteiger partial charge in [-0.15, -0.1) is 0 Å². The topological polar surface area (TPSA) is 9.23 Å². The largest absolute Gasteiger partial charge is 0.378 e. The highest BCUT2D eigenvalue weighted by atomic mass is 16.5. The molecule has 47 valence electrons. The third-order valence-corrected chi connectivity index (χ3v) is 1.28. The summed E-state index contributed by atoms with van der Waals surface area (Å²) >= 11 is 0. The van der Waals surface area contributed by atoms with Crippen molar-refractivity contribution in [1.29, 1.82) is 0 Å². The van der Waals surface area contributed by atoms with Gasteiger partial charge in [0.05, 0.1) is 6.10 Å². The molecule has 0 saturated heterocycles. The first-order valence-electron chi connectivity index (χ1n) is 3.33. The molecule has 0 aliphatic heterocycles. The molecule has 0 spiro atoms. The SMILES string of the molecule is C[CH]CCOC1CC1. The molecular weight excluding hydrogens is 100 g/mol. The second-order valence-electron chi connectivity index (χ2n) is 2.27. The minimum Gasteiger partial charge on any atom is -0.378 e. The molecule has 1 nitrogen and oxygen atoms in total. The fraction of sp³-hybridized carbons (Fsp3) is 0.857. The van der Waals surface area contributed by atoms with Gasteiger partial charge in [-0.1, -0.05) is 6.92 Å². The van der Waals surface area contributed by atoms with Crippen molar-refractivity contribution < 1.29 is 4.74 Å². The van der Waals surface area contributed by atoms with Gasteiger partial charge in [0.25, 0.3) is 0 Å². The van der Waals surface area contributed by atoms with Gasteiger partial charge in [-0.05, 0) is 25.7 Å². The van der Waals surface area contributed by atoms with E-state index >= 15 is 0 Å². The van der Waals surface area contributed by atoms with Crippen molar-refractivity contribution in [3.63, 3.8) is 0 Å². The maximum absolute atomic E-state index is 5.36. The van der Waals surface area contributed by atoms with Crippen molar-refractivity contribution in [2.75, 3.05) is 6.61 Å². The van der Waals surface area contributed by atoms with Crippen LogP contribution in [-0.4, -0.2) is 12.7 Å². The molecule has 0 N–H and O–H groups in total. The highest BCUT2D eigenvalue weighted by molar-refractivity contribution is 4.73. The summed E-state index contributed by atoms with van der Waals surface area (Å²) in [5.74, 6) is 0. The van der Waals surface area contributed by atoms with Gasteiger partial charge >= 0.3 is 0 Å². The third kappa shape index (κ3) is 2.31. The molecule has 0 heterocycles. The van der Waals surface area contributed by atoms with E-state index in [0.29, 0.717) is 6.10 Å². The van der Waals surface area contributed by atoms with E-state index in [9.17, 15) is 0 Å². The minimum atomic E-state index is 0.634. The van der Waals surface area contributed by atoms with E-state index in [2.05, 4.69) is 13.3 Å². The molecule has 0 atom stereocenters. The van der Waals surface area contributed by atoms with E-state index in [-0.39, 0.29) is 0 Å². The first-order chi connectivity index (χ1) is 3.93. The summed E-state index contributed by atoms with van der Waals surface area (Å²) in [7, 11) is 0. The van der Waals surface area contributed by atoms with Gasteiger partial charge in [0.1, 0.15) is 0 Å². The van der Waals surface area contributed by atoms with Crippen molar-refractivity contribution in [1.82, 2.24) is 0 Å². The summed E-state index contributed by atoms with van der Waals surface area (Å²) in [6.45, 7) is 3.00. The third-order valence-electron chi connectivity index (χ3n) is 1.28.